The molecule has 3 aromatic rings. The highest BCUT2D eigenvalue weighted by atomic mass is 35.5. The van der Waals surface area contributed by atoms with E-state index in [0.29, 0.717) is 12.2 Å². The molecule has 0 aliphatic heterocycles. The normalized spacial score (nSPS) is 13.7. The van der Waals surface area contributed by atoms with Crippen molar-refractivity contribution in [3.8, 4) is 0 Å². The number of ketones is 2. The van der Waals surface area contributed by atoms with E-state index in [1.165, 1.54) is 18.3 Å². The number of Topliss-reactive ketones (excluding diaryl/α,β-unsaturated/α-hetero) is 2. The van der Waals surface area contributed by atoms with Gasteiger partial charge < -0.3 is 4.90 Å². The van der Waals surface area contributed by atoms with Gasteiger partial charge >= 0.3 is 0 Å². The van der Waals surface area contributed by atoms with E-state index < -0.39 is 15.8 Å². The van der Waals surface area contributed by atoms with Gasteiger partial charge in [-0.1, -0.05) is 41.9 Å². The van der Waals surface area contributed by atoms with Gasteiger partial charge in [-0.3, -0.25) is 14.3 Å². The molecule has 2 aromatic carbocycles. The molecule has 0 saturated carbocycles. The zero-order chi connectivity index (χ0) is 22.9. The van der Waals surface area contributed by atoms with Crippen LogP contribution in [-0.2, 0) is 10.0 Å². The highest BCUT2D eigenvalue weighted by Gasteiger charge is 2.34. The molecule has 0 amide bonds. The third-order valence-electron chi connectivity index (χ3n) is 4.99. The Hall–Kier alpha value is -3.49. The topological polar surface area (TPSA) is 96.4 Å². The van der Waals surface area contributed by atoms with Crippen molar-refractivity contribution in [2.24, 2.45) is 0 Å². The molecule has 1 N–H and O–H groups in total. The first kappa shape index (κ1) is 21.7. The number of hydrogen-bond donors (Lipinski definition) is 1. The van der Waals surface area contributed by atoms with Gasteiger partial charge in [0.05, 0.1) is 4.90 Å². The molecule has 0 saturated heterocycles. The van der Waals surface area contributed by atoms with Crippen LogP contribution >= 0.6 is 11.6 Å². The molecule has 162 valence electrons. The van der Waals surface area contributed by atoms with Crippen LogP contribution in [0, 0.1) is 0 Å². The molecule has 1 heterocycles. The predicted molar refractivity (Wildman–Crippen MR) is 122 cm³/mol. The monoisotopic (exact) mass is 467 g/mol. The Balaban J connectivity index is 1.67. The summed E-state index contributed by atoms with van der Waals surface area (Å²) in [6, 6.07) is 17.4. The van der Waals surface area contributed by atoms with Crippen molar-refractivity contribution in [3.63, 3.8) is 0 Å². The summed E-state index contributed by atoms with van der Waals surface area (Å²) in [4.78, 5) is 31.4. The molecule has 1 aliphatic carbocycles. The van der Waals surface area contributed by atoms with Gasteiger partial charge in [-0.25, -0.2) is 13.4 Å². The van der Waals surface area contributed by atoms with E-state index >= 15 is 0 Å². The van der Waals surface area contributed by atoms with Crippen LogP contribution in [0.5, 0.6) is 0 Å². The van der Waals surface area contributed by atoms with Crippen molar-refractivity contribution >= 4 is 44.7 Å². The molecule has 9 heteroatoms. The Morgan fingerprint density at radius 3 is 2.12 bits per heavy atom. The van der Waals surface area contributed by atoms with Crippen molar-refractivity contribution in [2.45, 2.75) is 11.8 Å². The number of hydrogen-bond acceptors (Lipinski definition) is 6. The highest BCUT2D eigenvalue weighted by molar-refractivity contribution is 7.92. The minimum absolute atomic E-state index is 0.0272. The number of nitrogens with zero attached hydrogens (tertiary/aromatic N) is 2. The first-order valence-corrected chi connectivity index (χ1v) is 11.6. The summed E-state index contributed by atoms with van der Waals surface area (Å²) < 4.78 is 27.7. The Morgan fingerprint density at radius 1 is 0.906 bits per heavy atom. The number of fused-ring (bicyclic) bond motifs is 1. The van der Waals surface area contributed by atoms with Gasteiger partial charge in [0.15, 0.2) is 0 Å². The number of rotatable bonds is 6. The number of nitrogens with one attached hydrogen (secondary N) is 1. The Labute approximate surface area is 190 Å². The van der Waals surface area contributed by atoms with Crippen LogP contribution in [0.2, 0.25) is 0 Å². The fourth-order valence-electron chi connectivity index (χ4n) is 3.47. The molecule has 0 bridgehead atoms. The Morgan fingerprint density at radius 2 is 1.53 bits per heavy atom. The van der Waals surface area contributed by atoms with Gasteiger partial charge in [0.25, 0.3) is 10.0 Å². The summed E-state index contributed by atoms with van der Waals surface area (Å²) in [6.07, 6.45) is 1.48. The van der Waals surface area contributed by atoms with Crippen molar-refractivity contribution in [1.82, 2.24) is 4.98 Å². The van der Waals surface area contributed by atoms with Crippen molar-refractivity contribution in [2.75, 3.05) is 16.2 Å². The average molecular weight is 468 g/mol. The third-order valence-corrected chi connectivity index (χ3v) is 6.71. The number of benzene rings is 2. The van der Waals surface area contributed by atoms with E-state index in [4.69, 9.17) is 11.6 Å². The Bertz CT molecular complexity index is 1340. The van der Waals surface area contributed by atoms with Gasteiger partial charge in [-0.2, -0.15) is 0 Å². The second kappa shape index (κ2) is 8.57. The van der Waals surface area contributed by atoms with E-state index in [2.05, 4.69) is 9.71 Å². The fraction of sp³-hybridized carbons (Fsp3) is 0.0870. The van der Waals surface area contributed by atoms with Crippen molar-refractivity contribution < 1.29 is 18.0 Å². The summed E-state index contributed by atoms with van der Waals surface area (Å²) in [5.74, 6) is -0.580. The van der Waals surface area contributed by atoms with Crippen LogP contribution < -0.4 is 9.62 Å². The highest BCUT2D eigenvalue weighted by Crippen LogP contribution is 2.33. The van der Waals surface area contributed by atoms with Gasteiger partial charge in [0, 0.05) is 29.6 Å². The van der Waals surface area contributed by atoms with E-state index in [1.807, 2.05) is 6.92 Å². The number of carbonyl (C=O) groups is 2. The maximum absolute atomic E-state index is 13.1. The molecular weight excluding hydrogens is 450 g/mol. The SMILES string of the molecule is CCN(C1=C(Cl)C(=O)c2ccccc2C1=O)c1ccc(S(=O)(=O)Nc2ccccn2)cc1. The van der Waals surface area contributed by atoms with Crippen LogP contribution in [-0.4, -0.2) is 31.5 Å². The first-order valence-electron chi connectivity index (χ1n) is 9.73. The number of sulfonamides is 1. The summed E-state index contributed by atoms with van der Waals surface area (Å²) in [7, 11) is -3.85. The molecule has 0 radical (unpaired) electrons. The van der Waals surface area contributed by atoms with Gasteiger partial charge in [-0.15, -0.1) is 0 Å². The minimum atomic E-state index is -3.85. The number of anilines is 2. The molecule has 7 nitrogen and oxygen atoms in total. The van der Waals surface area contributed by atoms with Gasteiger partial charge in [-0.05, 0) is 43.3 Å². The van der Waals surface area contributed by atoms with E-state index in [0.717, 1.165) is 0 Å². The molecule has 1 aromatic heterocycles. The molecule has 0 spiro atoms. The standard InChI is InChI=1S/C23H18ClN3O4S/c1-2-27(21-20(24)22(28)17-7-3-4-8-18(17)23(21)29)15-10-12-16(13-11-15)32(30,31)26-19-9-5-6-14-25-19/h3-14H,2H2,1H3,(H,25,26). The van der Waals surface area contributed by atoms with E-state index in [-0.39, 0.29) is 38.4 Å². The van der Waals surface area contributed by atoms with Gasteiger partial charge in [0.1, 0.15) is 16.5 Å². The molecule has 1 aliphatic rings. The lowest BCUT2D eigenvalue weighted by Crippen LogP contribution is -2.33. The second-order valence-corrected chi connectivity index (χ2v) is 8.99. The summed E-state index contributed by atoms with van der Waals surface area (Å²) in [5.41, 5.74) is 1.15. The van der Waals surface area contributed by atoms with Gasteiger partial charge in [0.2, 0.25) is 11.6 Å². The average Bonchev–Trinajstić information content (AvgIpc) is 2.81. The fourth-order valence-corrected chi connectivity index (χ4v) is 4.77. The largest absolute Gasteiger partial charge is 0.337 e. The smallest absolute Gasteiger partial charge is 0.263 e. The summed E-state index contributed by atoms with van der Waals surface area (Å²) >= 11 is 6.33. The van der Waals surface area contributed by atoms with Crippen LogP contribution in [0.25, 0.3) is 0 Å². The maximum Gasteiger partial charge on any atom is 0.263 e. The first-order chi connectivity index (χ1) is 15.3. The molecule has 0 atom stereocenters. The minimum Gasteiger partial charge on any atom is -0.337 e. The van der Waals surface area contributed by atoms with E-state index in [9.17, 15) is 18.0 Å². The number of carbonyl (C=O) groups excluding carboxylic acids is 2. The maximum atomic E-state index is 13.1. The van der Waals surface area contributed by atoms with Crippen LogP contribution in [0.15, 0.2) is 88.6 Å². The lowest BCUT2D eigenvalue weighted by atomic mass is 9.91. The molecular formula is C23H18ClN3O4S. The molecule has 0 fully saturated rings. The third kappa shape index (κ3) is 3.90. The van der Waals surface area contributed by atoms with Crippen LogP contribution in [0.4, 0.5) is 11.5 Å². The van der Waals surface area contributed by atoms with Crippen LogP contribution in [0.1, 0.15) is 27.6 Å². The predicted octanol–water partition coefficient (Wildman–Crippen LogP) is 4.24. The molecule has 0 unspecified atom stereocenters. The number of allylic oxidation sites excluding steroid dienone is 2. The van der Waals surface area contributed by atoms with E-state index in [1.54, 1.807) is 59.5 Å². The van der Waals surface area contributed by atoms with Crippen molar-refractivity contribution in [3.05, 3.63) is 94.8 Å². The zero-order valence-electron chi connectivity index (χ0n) is 16.9. The second-order valence-electron chi connectivity index (χ2n) is 6.93. The lowest BCUT2D eigenvalue weighted by Gasteiger charge is -2.29. The number of pyridine rings is 1. The number of likely N-dealkylation sites (N-methyl/N-ethyl adjacent to an activating group) is 1. The van der Waals surface area contributed by atoms with Crippen LogP contribution in [0.3, 0.4) is 0 Å². The molecule has 32 heavy (non-hydrogen) atoms. The number of halogens is 1. The Kier molecular flexibility index (Phi) is 5.82. The number of aromatic nitrogens is 1. The van der Waals surface area contributed by atoms with Crippen molar-refractivity contribution in [1.29, 1.82) is 0 Å². The summed E-state index contributed by atoms with van der Waals surface area (Å²) in [5, 5.41) is -0.163. The lowest BCUT2D eigenvalue weighted by molar-refractivity contribution is 0.0978. The molecule has 4 rings (SSSR count). The zero-order valence-corrected chi connectivity index (χ0v) is 18.5. The quantitative estimate of drug-likeness (QED) is 0.582. The summed E-state index contributed by atoms with van der Waals surface area (Å²) in [6.45, 7) is 2.15.